The molecule has 0 aliphatic heterocycles. The summed E-state index contributed by atoms with van der Waals surface area (Å²) in [6.45, 7) is 1.97. The lowest BCUT2D eigenvalue weighted by molar-refractivity contribution is 0.0742. The highest BCUT2D eigenvalue weighted by molar-refractivity contribution is 9.10. The number of rotatable bonds is 3. The Kier molecular flexibility index (Phi) is 5.31. The van der Waals surface area contributed by atoms with E-state index in [1.54, 1.807) is 30.1 Å². The monoisotopic (exact) mass is 385 g/mol. The highest BCUT2D eigenvalue weighted by atomic mass is 79.9. The maximum Gasteiger partial charge on any atom is 0.254 e. The van der Waals surface area contributed by atoms with E-state index in [2.05, 4.69) is 15.9 Å². The van der Waals surface area contributed by atoms with Crippen molar-refractivity contribution in [1.82, 2.24) is 4.90 Å². The molecule has 2 aromatic rings. The quantitative estimate of drug-likeness (QED) is 0.673. The van der Waals surface area contributed by atoms with Gasteiger partial charge >= 0.3 is 0 Å². The summed E-state index contributed by atoms with van der Waals surface area (Å²) in [5.74, 6) is -0.0770. The van der Waals surface area contributed by atoms with Gasteiger partial charge in [-0.15, -0.1) is 0 Å². The van der Waals surface area contributed by atoms with Crippen LogP contribution >= 0.6 is 39.1 Å². The second kappa shape index (κ2) is 6.82. The van der Waals surface area contributed by atoms with Gasteiger partial charge in [-0.2, -0.15) is 0 Å². The standard InChI is InChI=1S/C16H14BrCl2NO/c1-10(11-3-6-13(18)7-4-11)20(2)16(21)12-5-8-14(17)15(19)9-12/h3-10H,1-2H3. The molecule has 2 aromatic carbocycles. The lowest BCUT2D eigenvalue weighted by atomic mass is 10.1. The van der Waals surface area contributed by atoms with Crippen molar-refractivity contribution in [3.8, 4) is 0 Å². The Bertz CT molecular complexity index is 658. The molecular formula is C16H14BrCl2NO. The Morgan fingerprint density at radius 1 is 1.14 bits per heavy atom. The Labute approximate surface area is 142 Å². The normalized spacial score (nSPS) is 12.0. The van der Waals surface area contributed by atoms with E-state index in [4.69, 9.17) is 23.2 Å². The second-order valence-corrected chi connectivity index (χ2v) is 6.47. The molecule has 0 spiro atoms. The van der Waals surface area contributed by atoms with Crippen molar-refractivity contribution in [2.45, 2.75) is 13.0 Å². The van der Waals surface area contributed by atoms with Crippen LogP contribution in [0.25, 0.3) is 0 Å². The van der Waals surface area contributed by atoms with E-state index in [0.717, 1.165) is 10.0 Å². The maximum absolute atomic E-state index is 12.5. The van der Waals surface area contributed by atoms with E-state index in [1.165, 1.54) is 0 Å². The van der Waals surface area contributed by atoms with E-state index < -0.39 is 0 Å². The van der Waals surface area contributed by atoms with Crippen LogP contribution in [0, 0.1) is 0 Å². The Morgan fingerprint density at radius 2 is 1.76 bits per heavy atom. The number of carbonyl (C=O) groups excluding carboxylic acids is 1. The minimum Gasteiger partial charge on any atom is -0.335 e. The van der Waals surface area contributed by atoms with Gasteiger partial charge in [-0.25, -0.2) is 0 Å². The highest BCUT2D eigenvalue weighted by Gasteiger charge is 2.19. The fourth-order valence-electron chi connectivity index (χ4n) is 1.97. The molecule has 0 aliphatic rings. The number of amides is 1. The van der Waals surface area contributed by atoms with Crippen molar-refractivity contribution in [2.24, 2.45) is 0 Å². The third-order valence-electron chi connectivity index (χ3n) is 3.42. The molecule has 21 heavy (non-hydrogen) atoms. The lowest BCUT2D eigenvalue weighted by Crippen LogP contribution is -2.29. The largest absolute Gasteiger partial charge is 0.335 e. The number of nitrogens with zero attached hydrogens (tertiary/aromatic N) is 1. The van der Waals surface area contributed by atoms with E-state index in [9.17, 15) is 4.79 Å². The number of halogens is 3. The van der Waals surface area contributed by atoms with Crippen LogP contribution in [-0.2, 0) is 0 Å². The zero-order chi connectivity index (χ0) is 15.6. The molecule has 110 valence electrons. The molecule has 0 saturated carbocycles. The second-order valence-electron chi connectivity index (χ2n) is 4.77. The van der Waals surface area contributed by atoms with E-state index >= 15 is 0 Å². The fourth-order valence-corrected chi connectivity index (χ4v) is 2.53. The molecule has 0 aromatic heterocycles. The van der Waals surface area contributed by atoms with Gasteiger partial charge in [-0.1, -0.05) is 35.3 Å². The minimum atomic E-state index is -0.0770. The first-order valence-electron chi connectivity index (χ1n) is 6.38. The van der Waals surface area contributed by atoms with Gasteiger partial charge in [-0.05, 0) is 58.7 Å². The molecule has 0 N–H and O–H groups in total. The third kappa shape index (κ3) is 3.79. The molecule has 2 nitrogen and oxygen atoms in total. The van der Waals surface area contributed by atoms with Gasteiger partial charge in [0.1, 0.15) is 0 Å². The summed E-state index contributed by atoms with van der Waals surface area (Å²) in [6, 6.07) is 12.6. The van der Waals surface area contributed by atoms with Crippen LogP contribution in [-0.4, -0.2) is 17.9 Å². The van der Waals surface area contributed by atoms with Gasteiger partial charge in [0.15, 0.2) is 0 Å². The number of benzene rings is 2. The van der Waals surface area contributed by atoms with Gasteiger partial charge in [0.05, 0.1) is 11.1 Å². The van der Waals surface area contributed by atoms with Crippen LogP contribution in [0.15, 0.2) is 46.9 Å². The highest BCUT2D eigenvalue weighted by Crippen LogP contribution is 2.26. The molecule has 5 heteroatoms. The predicted octanol–water partition coefficient (Wildman–Crippen LogP) is 5.59. The van der Waals surface area contributed by atoms with Crippen LogP contribution in [0.1, 0.15) is 28.9 Å². The van der Waals surface area contributed by atoms with Crippen molar-refractivity contribution in [2.75, 3.05) is 7.05 Å². The smallest absolute Gasteiger partial charge is 0.254 e. The number of carbonyl (C=O) groups is 1. The summed E-state index contributed by atoms with van der Waals surface area (Å²) in [4.78, 5) is 14.2. The fraction of sp³-hybridized carbons (Fsp3) is 0.188. The van der Waals surface area contributed by atoms with Gasteiger partial charge in [0, 0.05) is 22.1 Å². The first-order chi connectivity index (χ1) is 9.90. The van der Waals surface area contributed by atoms with Crippen molar-refractivity contribution in [3.05, 3.63) is 68.1 Å². The van der Waals surface area contributed by atoms with Crippen LogP contribution < -0.4 is 0 Å². The molecule has 0 fully saturated rings. The van der Waals surface area contributed by atoms with Gasteiger partial charge < -0.3 is 4.90 Å². The number of hydrogen-bond acceptors (Lipinski definition) is 1. The minimum absolute atomic E-state index is 0.0582. The Hall–Kier alpha value is -1.03. The lowest BCUT2D eigenvalue weighted by Gasteiger charge is -2.25. The van der Waals surface area contributed by atoms with Crippen molar-refractivity contribution < 1.29 is 4.79 Å². The molecule has 0 heterocycles. The predicted molar refractivity (Wildman–Crippen MR) is 91.1 cm³/mol. The van der Waals surface area contributed by atoms with Crippen molar-refractivity contribution in [1.29, 1.82) is 0 Å². The molecule has 1 unspecified atom stereocenters. The summed E-state index contributed by atoms with van der Waals surface area (Å²) >= 11 is 15.2. The summed E-state index contributed by atoms with van der Waals surface area (Å²) in [7, 11) is 1.78. The number of hydrogen-bond donors (Lipinski definition) is 0. The zero-order valence-corrected chi connectivity index (χ0v) is 14.7. The summed E-state index contributed by atoms with van der Waals surface area (Å²) < 4.78 is 0.772. The van der Waals surface area contributed by atoms with Gasteiger partial charge in [0.2, 0.25) is 0 Å². The molecule has 2 rings (SSSR count). The molecule has 0 aliphatic carbocycles. The van der Waals surface area contributed by atoms with Crippen LogP contribution in [0.5, 0.6) is 0 Å². The average Bonchev–Trinajstić information content (AvgIpc) is 2.48. The zero-order valence-electron chi connectivity index (χ0n) is 11.6. The molecular weight excluding hydrogens is 373 g/mol. The first-order valence-corrected chi connectivity index (χ1v) is 7.92. The topological polar surface area (TPSA) is 20.3 Å². The van der Waals surface area contributed by atoms with Crippen LogP contribution in [0.3, 0.4) is 0 Å². The van der Waals surface area contributed by atoms with Crippen LogP contribution in [0.4, 0.5) is 0 Å². The molecule has 0 radical (unpaired) electrons. The van der Waals surface area contributed by atoms with E-state index in [0.29, 0.717) is 15.6 Å². The molecule has 1 amide bonds. The van der Waals surface area contributed by atoms with Crippen molar-refractivity contribution in [3.63, 3.8) is 0 Å². The molecule has 0 saturated heterocycles. The Morgan fingerprint density at radius 3 is 2.33 bits per heavy atom. The summed E-state index contributed by atoms with van der Waals surface area (Å²) in [5, 5.41) is 1.20. The van der Waals surface area contributed by atoms with E-state index in [1.807, 2.05) is 31.2 Å². The summed E-state index contributed by atoms with van der Waals surface area (Å²) in [5.41, 5.74) is 1.59. The van der Waals surface area contributed by atoms with Crippen LogP contribution in [0.2, 0.25) is 10.0 Å². The SMILES string of the molecule is CC(c1ccc(Cl)cc1)N(C)C(=O)c1ccc(Br)c(Cl)c1. The van der Waals surface area contributed by atoms with Gasteiger partial charge in [0.25, 0.3) is 5.91 Å². The summed E-state index contributed by atoms with van der Waals surface area (Å²) in [6.07, 6.45) is 0. The average molecular weight is 387 g/mol. The molecule has 1 atom stereocenters. The first kappa shape index (κ1) is 16.3. The third-order valence-corrected chi connectivity index (χ3v) is 4.90. The van der Waals surface area contributed by atoms with Gasteiger partial charge in [-0.3, -0.25) is 4.79 Å². The van der Waals surface area contributed by atoms with E-state index in [-0.39, 0.29) is 11.9 Å². The Balaban J connectivity index is 2.21. The van der Waals surface area contributed by atoms with Crippen molar-refractivity contribution >= 4 is 45.0 Å². The maximum atomic E-state index is 12.5. The molecule has 0 bridgehead atoms.